The maximum atomic E-state index is 13.2. The molecule has 0 bridgehead atoms. The SMILES string of the molecule is CCCC(CCC)(C(=O)N(CC)C(C)CN(C)C)C(N)=S. The van der Waals surface area contributed by atoms with Crippen LogP contribution < -0.4 is 5.73 Å². The zero-order valence-electron chi connectivity index (χ0n) is 14.6. The molecule has 4 nitrogen and oxygen atoms in total. The van der Waals surface area contributed by atoms with Gasteiger partial charge in [0.15, 0.2) is 0 Å². The Balaban J connectivity index is 5.45. The van der Waals surface area contributed by atoms with Crippen molar-refractivity contribution in [3.8, 4) is 0 Å². The summed E-state index contributed by atoms with van der Waals surface area (Å²) in [4.78, 5) is 17.6. The Morgan fingerprint density at radius 1 is 1.19 bits per heavy atom. The average Bonchev–Trinajstić information content (AvgIpc) is 2.37. The molecular formula is C16H33N3OS. The fourth-order valence-corrected chi connectivity index (χ4v) is 3.39. The summed E-state index contributed by atoms with van der Waals surface area (Å²) >= 11 is 5.30. The highest BCUT2D eigenvalue weighted by molar-refractivity contribution is 7.80. The Morgan fingerprint density at radius 3 is 1.95 bits per heavy atom. The molecule has 0 saturated heterocycles. The number of thiocarbonyl (C=S) groups is 1. The summed E-state index contributed by atoms with van der Waals surface area (Å²) < 4.78 is 0. The quantitative estimate of drug-likeness (QED) is 0.630. The highest BCUT2D eigenvalue weighted by atomic mass is 32.1. The second kappa shape index (κ2) is 9.36. The smallest absolute Gasteiger partial charge is 0.235 e. The summed E-state index contributed by atoms with van der Waals surface area (Å²) in [7, 11) is 4.04. The summed E-state index contributed by atoms with van der Waals surface area (Å²) in [6, 6.07) is 0.153. The average molecular weight is 316 g/mol. The van der Waals surface area contributed by atoms with Crippen LogP contribution in [0.3, 0.4) is 0 Å². The van der Waals surface area contributed by atoms with Crippen LogP contribution in [0.1, 0.15) is 53.4 Å². The molecule has 5 heteroatoms. The minimum Gasteiger partial charge on any atom is -0.392 e. The van der Waals surface area contributed by atoms with Crippen molar-refractivity contribution in [3.05, 3.63) is 0 Å². The van der Waals surface area contributed by atoms with E-state index >= 15 is 0 Å². The van der Waals surface area contributed by atoms with Crippen LogP contribution in [0.5, 0.6) is 0 Å². The van der Waals surface area contributed by atoms with Gasteiger partial charge in [-0.25, -0.2) is 0 Å². The lowest BCUT2D eigenvalue weighted by Crippen LogP contribution is -2.54. The van der Waals surface area contributed by atoms with Crippen molar-refractivity contribution < 1.29 is 4.79 Å². The molecule has 0 aliphatic heterocycles. The van der Waals surface area contributed by atoms with Gasteiger partial charge in [0.25, 0.3) is 0 Å². The summed E-state index contributed by atoms with van der Waals surface area (Å²) in [5.74, 6) is 0.107. The van der Waals surface area contributed by atoms with Gasteiger partial charge in [-0.15, -0.1) is 0 Å². The van der Waals surface area contributed by atoms with Crippen molar-refractivity contribution in [2.24, 2.45) is 11.1 Å². The van der Waals surface area contributed by atoms with Gasteiger partial charge in [-0.2, -0.15) is 0 Å². The molecule has 1 atom stereocenters. The monoisotopic (exact) mass is 315 g/mol. The lowest BCUT2D eigenvalue weighted by atomic mass is 9.77. The summed E-state index contributed by atoms with van der Waals surface area (Å²) in [5.41, 5.74) is 5.34. The van der Waals surface area contributed by atoms with Crippen LogP contribution in [0.25, 0.3) is 0 Å². The molecule has 0 aliphatic carbocycles. The molecule has 0 radical (unpaired) electrons. The van der Waals surface area contributed by atoms with Crippen LogP contribution in [0.15, 0.2) is 0 Å². The molecule has 21 heavy (non-hydrogen) atoms. The third-order valence-electron chi connectivity index (χ3n) is 4.00. The van der Waals surface area contributed by atoms with Crippen LogP contribution in [0.2, 0.25) is 0 Å². The molecule has 0 rings (SSSR count). The molecule has 2 N–H and O–H groups in total. The molecule has 0 aromatic heterocycles. The van der Waals surface area contributed by atoms with E-state index in [1.165, 1.54) is 0 Å². The van der Waals surface area contributed by atoms with E-state index in [1.54, 1.807) is 0 Å². The molecule has 1 amide bonds. The first-order valence-corrected chi connectivity index (χ1v) is 8.43. The molecule has 0 aromatic carbocycles. The largest absolute Gasteiger partial charge is 0.392 e. The number of carbonyl (C=O) groups excluding carboxylic acids is 1. The van der Waals surface area contributed by atoms with E-state index in [0.717, 1.165) is 32.2 Å². The normalized spacial score (nSPS) is 13.3. The van der Waals surface area contributed by atoms with Gasteiger partial charge in [0.1, 0.15) is 0 Å². The lowest BCUT2D eigenvalue weighted by molar-refractivity contribution is -0.141. The fraction of sp³-hybridized carbons (Fsp3) is 0.875. The van der Waals surface area contributed by atoms with Crippen molar-refractivity contribution >= 4 is 23.1 Å². The second-order valence-electron chi connectivity index (χ2n) is 6.15. The van der Waals surface area contributed by atoms with Crippen LogP contribution in [0, 0.1) is 5.41 Å². The lowest BCUT2D eigenvalue weighted by Gasteiger charge is -2.39. The number of nitrogens with zero attached hydrogens (tertiary/aromatic N) is 2. The van der Waals surface area contributed by atoms with E-state index in [2.05, 4.69) is 25.7 Å². The number of rotatable bonds is 10. The van der Waals surface area contributed by atoms with Gasteiger partial charge >= 0.3 is 0 Å². The Hall–Kier alpha value is -0.680. The van der Waals surface area contributed by atoms with Gasteiger partial charge in [0.05, 0.1) is 10.4 Å². The third kappa shape index (κ3) is 5.22. The van der Waals surface area contributed by atoms with E-state index in [4.69, 9.17) is 18.0 Å². The van der Waals surface area contributed by atoms with Crippen molar-refractivity contribution in [2.45, 2.75) is 59.4 Å². The number of amides is 1. The topological polar surface area (TPSA) is 49.6 Å². The van der Waals surface area contributed by atoms with Gasteiger partial charge in [-0.05, 0) is 40.8 Å². The third-order valence-corrected chi connectivity index (χ3v) is 4.39. The predicted molar refractivity (Wildman–Crippen MR) is 94.4 cm³/mol. The Labute approximate surface area is 136 Å². The summed E-state index contributed by atoms with van der Waals surface area (Å²) in [5, 5.41) is 0. The van der Waals surface area contributed by atoms with Crippen molar-refractivity contribution in [2.75, 3.05) is 27.2 Å². The maximum absolute atomic E-state index is 13.2. The van der Waals surface area contributed by atoms with Crippen molar-refractivity contribution in [3.63, 3.8) is 0 Å². The zero-order chi connectivity index (χ0) is 16.6. The molecule has 0 saturated carbocycles. The molecule has 0 aliphatic rings. The molecule has 0 aromatic rings. The molecule has 0 spiro atoms. The number of carbonyl (C=O) groups is 1. The van der Waals surface area contributed by atoms with E-state index in [0.29, 0.717) is 11.5 Å². The first-order chi connectivity index (χ1) is 9.76. The Bertz CT molecular complexity index is 338. The van der Waals surface area contributed by atoms with E-state index < -0.39 is 5.41 Å². The number of likely N-dealkylation sites (N-methyl/N-ethyl adjacent to an activating group) is 2. The Morgan fingerprint density at radius 2 is 1.67 bits per heavy atom. The highest BCUT2D eigenvalue weighted by Crippen LogP contribution is 2.33. The van der Waals surface area contributed by atoms with Crippen LogP contribution in [-0.4, -0.2) is 53.9 Å². The van der Waals surface area contributed by atoms with E-state index in [-0.39, 0.29) is 11.9 Å². The first kappa shape index (κ1) is 20.3. The van der Waals surface area contributed by atoms with E-state index in [1.807, 2.05) is 25.9 Å². The second-order valence-corrected chi connectivity index (χ2v) is 6.59. The maximum Gasteiger partial charge on any atom is 0.235 e. The van der Waals surface area contributed by atoms with Gasteiger partial charge in [-0.3, -0.25) is 4.79 Å². The molecule has 0 heterocycles. The van der Waals surface area contributed by atoms with Gasteiger partial charge < -0.3 is 15.5 Å². The molecule has 124 valence electrons. The number of hydrogen-bond acceptors (Lipinski definition) is 3. The van der Waals surface area contributed by atoms with Crippen molar-refractivity contribution in [1.82, 2.24) is 9.80 Å². The summed E-state index contributed by atoms with van der Waals surface area (Å²) in [6.45, 7) is 9.79. The predicted octanol–water partition coefficient (Wildman–Crippen LogP) is 2.66. The fourth-order valence-electron chi connectivity index (χ4n) is 3.10. The molecule has 0 fully saturated rings. The standard InChI is InChI=1S/C16H33N3OS/c1-7-10-16(11-8-2,14(17)21)15(20)19(9-3)13(4)12-18(5)6/h13H,7-12H2,1-6H3,(H2,17,21). The number of hydrogen-bond donors (Lipinski definition) is 1. The number of nitrogens with two attached hydrogens (primary N) is 1. The van der Waals surface area contributed by atoms with Crippen LogP contribution in [0.4, 0.5) is 0 Å². The molecular weight excluding hydrogens is 282 g/mol. The first-order valence-electron chi connectivity index (χ1n) is 8.02. The Kier molecular flexibility index (Phi) is 9.06. The molecule has 1 unspecified atom stereocenters. The highest BCUT2D eigenvalue weighted by Gasteiger charge is 2.43. The van der Waals surface area contributed by atoms with Gasteiger partial charge in [0.2, 0.25) is 5.91 Å². The zero-order valence-corrected chi connectivity index (χ0v) is 15.4. The van der Waals surface area contributed by atoms with Gasteiger partial charge in [0, 0.05) is 19.1 Å². The van der Waals surface area contributed by atoms with E-state index in [9.17, 15) is 4.79 Å². The van der Waals surface area contributed by atoms with Gasteiger partial charge in [-0.1, -0.05) is 38.9 Å². The summed E-state index contributed by atoms with van der Waals surface area (Å²) in [6.07, 6.45) is 3.28. The minimum absolute atomic E-state index is 0.107. The van der Waals surface area contributed by atoms with Crippen LogP contribution >= 0.6 is 12.2 Å². The minimum atomic E-state index is -0.671. The van der Waals surface area contributed by atoms with Crippen molar-refractivity contribution in [1.29, 1.82) is 0 Å². The van der Waals surface area contributed by atoms with Crippen LogP contribution in [-0.2, 0) is 4.79 Å².